The molecule has 4 aromatic rings. The smallest absolute Gasteiger partial charge is 0.196 e. The molecule has 30 heavy (non-hydrogen) atoms. The van der Waals surface area contributed by atoms with Crippen molar-refractivity contribution in [1.29, 1.82) is 0 Å². The molecule has 0 bridgehead atoms. The maximum absolute atomic E-state index is 13.9. The molecule has 0 saturated heterocycles. The molecule has 0 spiro atoms. The number of nitrogens with zero attached hydrogens (tertiary/aromatic N) is 3. The van der Waals surface area contributed by atoms with Crippen molar-refractivity contribution in [2.24, 2.45) is 0 Å². The van der Waals surface area contributed by atoms with E-state index in [0.717, 1.165) is 5.69 Å². The fourth-order valence-electron chi connectivity index (χ4n) is 2.69. The van der Waals surface area contributed by atoms with E-state index in [1.54, 1.807) is 34.9 Å². The fourth-order valence-corrected chi connectivity index (χ4v) is 4.62. The summed E-state index contributed by atoms with van der Waals surface area (Å²) < 4.78 is 21.9. The van der Waals surface area contributed by atoms with Gasteiger partial charge in [-0.15, -0.1) is 21.5 Å². The summed E-state index contributed by atoms with van der Waals surface area (Å²) in [7, 11) is 0. The van der Waals surface area contributed by atoms with E-state index in [4.69, 9.17) is 16.3 Å². The number of para-hydroxylation sites is 2. The SMILES string of the molecule is O=C(CSc1nnc(COc2ccccc2F)n1-c1ccccc1)c1ccc(Cl)s1. The molecule has 2 heterocycles. The Kier molecular flexibility index (Phi) is 6.47. The Balaban J connectivity index is 1.56. The Morgan fingerprint density at radius 2 is 1.83 bits per heavy atom. The minimum absolute atomic E-state index is 0.0257. The maximum Gasteiger partial charge on any atom is 0.196 e. The molecule has 0 aliphatic heterocycles. The molecule has 0 atom stereocenters. The molecular formula is C21H15ClFN3O2S2. The molecule has 0 radical (unpaired) electrons. The predicted octanol–water partition coefficient (Wildman–Crippen LogP) is 5.68. The highest BCUT2D eigenvalue weighted by atomic mass is 35.5. The molecule has 0 fully saturated rings. The predicted molar refractivity (Wildman–Crippen MR) is 116 cm³/mol. The van der Waals surface area contributed by atoms with Crippen LogP contribution in [-0.4, -0.2) is 26.3 Å². The van der Waals surface area contributed by atoms with Crippen LogP contribution in [0.25, 0.3) is 5.69 Å². The molecule has 0 saturated carbocycles. The first-order chi connectivity index (χ1) is 14.6. The van der Waals surface area contributed by atoms with Crippen LogP contribution in [0.4, 0.5) is 4.39 Å². The zero-order valence-electron chi connectivity index (χ0n) is 15.5. The first-order valence-corrected chi connectivity index (χ1v) is 11.1. The van der Waals surface area contributed by atoms with Gasteiger partial charge in [-0.1, -0.05) is 53.7 Å². The van der Waals surface area contributed by atoms with E-state index < -0.39 is 5.82 Å². The standard InChI is InChI=1S/C21H15ClFN3O2S2/c22-19-11-10-18(30-19)16(27)13-29-21-25-24-20(26(21)14-6-2-1-3-7-14)12-28-17-9-5-4-8-15(17)23/h1-11H,12-13H2. The Hall–Kier alpha value is -2.68. The average molecular weight is 460 g/mol. The number of aromatic nitrogens is 3. The summed E-state index contributed by atoms with van der Waals surface area (Å²) in [6.45, 7) is 0.0257. The lowest BCUT2D eigenvalue weighted by molar-refractivity contribution is 0.102. The van der Waals surface area contributed by atoms with Gasteiger partial charge in [0.05, 0.1) is 15.0 Å². The van der Waals surface area contributed by atoms with Crippen LogP contribution in [0.1, 0.15) is 15.5 Å². The third-order valence-electron chi connectivity index (χ3n) is 4.09. The van der Waals surface area contributed by atoms with Crippen molar-refractivity contribution in [1.82, 2.24) is 14.8 Å². The van der Waals surface area contributed by atoms with Gasteiger partial charge >= 0.3 is 0 Å². The van der Waals surface area contributed by atoms with Crippen LogP contribution in [0.3, 0.4) is 0 Å². The van der Waals surface area contributed by atoms with E-state index >= 15 is 0 Å². The highest BCUT2D eigenvalue weighted by Crippen LogP contribution is 2.27. The lowest BCUT2D eigenvalue weighted by atomic mass is 10.3. The van der Waals surface area contributed by atoms with Gasteiger partial charge in [0.2, 0.25) is 0 Å². The number of halogens is 2. The maximum atomic E-state index is 13.9. The molecule has 9 heteroatoms. The lowest BCUT2D eigenvalue weighted by Gasteiger charge is -2.11. The van der Waals surface area contributed by atoms with Gasteiger partial charge in [0.1, 0.15) is 6.61 Å². The van der Waals surface area contributed by atoms with Gasteiger partial charge in [0, 0.05) is 5.69 Å². The number of Topliss-reactive ketones (excluding diaryl/α,β-unsaturated/α-hetero) is 1. The summed E-state index contributed by atoms with van der Waals surface area (Å²) in [5, 5.41) is 8.98. The van der Waals surface area contributed by atoms with E-state index in [0.29, 0.717) is 20.2 Å². The number of rotatable bonds is 8. The average Bonchev–Trinajstić information content (AvgIpc) is 3.38. The number of thioether (sulfide) groups is 1. The Labute approximate surface area is 185 Å². The van der Waals surface area contributed by atoms with Gasteiger partial charge in [-0.25, -0.2) is 4.39 Å². The summed E-state index contributed by atoms with van der Waals surface area (Å²) in [6, 6.07) is 19.1. The highest BCUT2D eigenvalue weighted by Gasteiger charge is 2.18. The van der Waals surface area contributed by atoms with Gasteiger partial charge in [-0.2, -0.15) is 0 Å². The van der Waals surface area contributed by atoms with E-state index in [2.05, 4.69) is 10.2 Å². The van der Waals surface area contributed by atoms with E-state index in [-0.39, 0.29) is 23.9 Å². The van der Waals surface area contributed by atoms with Gasteiger partial charge in [0.25, 0.3) is 0 Å². The van der Waals surface area contributed by atoms with Crippen molar-refractivity contribution in [3.63, 3.8) is 0 Å². The number of ketones is 1. The Bertz CT molecular complexity index is 1160. The highest BCUT2D eigenvalue weighted by molar-refractivity contribution is 7.99. The van der Waals surface area contributed by atoms with Crippen LogP contribution < -0.4 is 4.74 Å². The second-order valence-corrected chi connectivity index (χ2v) is 8.76. The molecule has 152 valence electrons. The van der Waals surface area contributed by atoms with E-state index in [1.165, 1.54) is 29.2 Å². The molecule has 5 nitrogen and oxygen atoms in total. The van der Waals surface area contributed by atoms with Gasteiger partial charge in [0.15, 0.2) is 28.3 Å². The van der Waals surface area contributed by atoms with Crippen LogP contribution in [0.2, 0.25) is 4.34 Å². The van der Waals surface area contributed by atoms with Crippen LogP contribution in [0.5, 0.6) is 5.75 Å². The molecule has 2 aromatic carbocycles. The largest absolute Gasteiger partial charge is 0.483 e. The second kappa shape index (κ2) is 9.42. The fraction of sp³-hybridized carbons (Fsp3) is 0.0952. The Morgan fingerprint density at radius 1 is 1.07 bits per heavy atom. The van der Waals surface area contributed by atoms with E-state index in [9.17, 15) is 9.18 Å². The topological polar surface area (TPSA) is 57.0 Å². The third kappa shape index (κ3) is 4.72. The summed E-state index contributed by atoms with van der Waals surface area (Å²) >= 11 is 8.44. The summed E-state index contributed by atoms with van der Waals surface area (Å²) in [5.41, 5.74) is 0.823. The van der Waals surface area contributed by atoms with E-state index in [1.807, 2.05) is 30.3 Å². The second-order valence-electron chi connectivity index (χ2n) is 6.10. The van der Waals surface area contributed by atoms with Crippen molar-refractivity contribution in [2.45, 2.75) is 11.8 Å². The van der Waals surface area contributed by atoms with Crippen LogP contribution in [-0.2, 0) is 6.61 Å². The number of hydrogen-bond donors (Lipinski definition) is 0. The molecular weight excluding hydrogens is 445 g/mol. The summed E-state index contributed by atoms with van der Waals surface area (Å²) in [6.07, 6.45) is 0. The zero-order chi connectivity index (χ0) is 20.9. The Morgan fingerprint density at radius 3 is 2.57 bits per heavy atom. The summed E-state index contributed by atoms with van der Waals surface area (Å²) in [4.78, 5) is 13.0. The first kappa shape index (κ1) is 20.6. The number of thiophene rings is 1. The van der Waals surface area contributed by atoms with Crippen molar-refractivity contribution >= 4 is 40.5 Å². The van der Waals surface area contributed by atoms with Gasteiger partial charge < -0.3 is 4.74 Å². The minimum atomic E-state index is -0.446. The lowest BCUT2D eigenvalue weighted by Crippen LogP contribution is -2.08. The number of ether oxygens (including phenoxy) is 1. The molecule has 2 aromatic heterocycles. The van der Waals surface area contributed by atoms with Gasteiger partial charge in [-0.05, 0) is 36.4 Å². The molecule has 0 unspecified atom stereocenters. The quantitative estimate of drug-likeness (QED) is 0.251. The number of carbonyl (C=O) groups is 1. The number of carbonyl (C=O) groups excluding carboxylic acids is 1. The van der Waals surface area contributed by atoms with Crippen LogP contribution >= 0.6 is 34.7 Å². The number of hydrogen-bond acceptors (Lipinski definition) is 6. The third-order valence-corrected chi connectivity index (χ3v) is 6.29. The van der Waals surface area contributed by atoms with Crippen LogP contribution in [0, 0.1) is 5.82 Å². The molecule has 0 amide bonds. The van der Waals surface area contributed by atoms with Crippen LogP contribution in [0.15, 0.2) is 71.9 Å². The van der Waals surface area contributed by atoms with Crippen molar-refractivity contribution in [2.75, 3.05) is 5.75 Å². The molecule has 0 aliphatic carbocycles. The van der Waals surface area contributed by atoms with Crippen molar-refractivity contribution < 1.29 is 13.9 Å². The minimum Gasteiger partial charge on any atom is -0.483 e. The molecule has 0 aliphatic rings. The zero-order valence-corrected chi connectivity index (χ0v) is 17.9. The first-order valence-electron chi connectivity index (χ1n) is 8.90. The normalized spacial score (nSPS) is 10.9. The van der Waals surface area contributed by atoms with Crippen molar-refractivity contribution in [3.8, 4) is 11.4 Å². The van der Waals surface area contributed by atoms with Gasteiger partial charge in [-0.3, -0.25) is 9.36 Å². The molecule has 4 rings (SSSR count). The monoisotopic (exact) mass is 459 g/mol. The van der Waals surface area contributed by atoms with Crippen molar-refractivity contribution in [3.05, 3.63) is 87.6 Å². The molecule has 0 N–H and O–H groups in total. The number of benzene rings is 2. The summed E-state index contributed by atoms with van der Waals surface area (Å²) in [5.74, 6) is 0.343.